The van der Waals surface area contributed by atoms with Crippen molar-refractivity contribution in [1.82, 2.24) is 9.88 Å². The van der Waals surface area contributed by atoms with E-state index in [1.165, 1.54) is 38.5 Å². The minimum absolute atomic E-state index is 0.165. The van der Waals surface area contributed by atoms with Crippen molar-refractivity contribution >= 4 is 5.97 Å². The van der Waals surface area contributed by atoms with Crippen LogP contribution >= 0.6 is 0 Å². The van der Waals surface area contributed by atoms with E-state index in [0.29, 0.717) is 24.4 Å². The zero-order valence-corrected chi connectivity index (χ0v) is 14.9. The number of halogens is 1. The Balaban J connectivity index is 1.54. The van der Waals surface area contributed by atoms with Crippen molar-refractivity contribution in [3.63, 3.8) is 0 Å². The molecule has 0 N–H and O–H groups in total. The van der Waals surface area contributed by atoms with Gasteiger partial charge in [-0.25, -0.2) is 9.37 Å². The van der Waals surface area contributed by atoms with Crippen LogP contribution in [0.5, 0.6) is 0 Å². The Morgan fingerprint density at radius 2 is 2.08 bits per heavy atom. The minimum atomic E-state index is -0.290. The maximum absolute atomic E-state index is 13.1. The summed E-state index contributed by atoms with van der Waals surface area (Å²) in [6.07, 6.45) is 7.21. The summed E-state index contributed by atoms with van der Waals surface area (Å²) in [6.45, 7) is 0.561. The summed E-state index contributed by atoms with van der Waals surface area (Å²) in [5.74, 6) is 0.564. The van der Waals surface area contributed by atoms with E-state index in [0.717, 1.165) is 24.1 Å². The lowest BCUT2D eigenvalue weighted by Crippen LogP contribution is -2.42. The van der Waals surface area contributed by atoms with E-state index < -0.39 is 0 Å². The Morgan fingerprint density at radius 3 is 2.85 bits per heavy atom. The predicted octanol–water partition coefficient (Wildman–Crippen LogP) is 3.79. The van der Waals surface area contributed by atoms with E-state index in [-0.39, 0.29) is 17.8 Å². The van der Waals surface area contributed by atoms with Gasteiger partial charge in [0.1, 0.15) is 18.1 Å². The maximum atomic E-state index is 13.1. The van der Waals surface area contributed by atoms with Crippen LogP contribution in [0.15, 0.2) is 34.9 Å². The third kappa shape index (κ3) is 3.26. The van der Waals surface area contributed by atoms with Crippen molar-refractivity contribution < 1.29 is 18.3 Å². The number of rotatable bonds is 4. The summed E-state index contributed by atoms with van der Waals surface area (Å²) in [6, 6.07) is 6.27. The molecule has 1 saturated carbocycles. The first-order valence-electron chi connectivity index (χ1n) is 9.19. The Hall–Kier alpha value is -2.21. The third-order valence-corrected chi connectivity index (χ3v) is 5.68. The average Bonchev–Trinajstić information content (AvgIpc) is 3.27. The molecule has 0 bridgehead atoms. The molecule has 0 amide bonds. The number of ether oxygens (including phenoxy) is 1. The van der Waals surface area contributed by atoms with E-state index >= 15 is 0 Å². The molecule has 0 radical (unpaired) electrons. The summed E-state index contributed by atoms with van der Waals surface area (Å²) in [7, 11) is 1.45. The van der Waals surface area contributed by atoms with Gasteiger partial charge in [-0.3, -0.25) is 9.69 Å². The molecular formula is C20H23FN2O3. The Bertz CT molecular complexity index is 774. The quantitative estimate of drug-likeness (QED) is 0.779. The summed E-state index contributed by atoms with van der Waals surface area (Å²) in [5.41, 5.74) is 1.52. The van der Waals surface area contributed by atoms with Crippen LogP contribution < -0.4 is 0 Å². The smallest absolute Gasteiger partial charge is 0.323 e. The van der Waals surface area contributed by atoms with E-state index in [9.17, 15) is 9.18 Å². The molecule has 138 valence electrons. The largest absolute Gasteiger partial charge is 0.468 e. The van der Waals surface area contributed by atoms with Crippen LogP contribution in [-0.4, -0.2) is 35.0 Å². The van der Waals surface area contributed by atoms with Crippen LogP contribution in [0, 0.1) is 11.7 Å². The molecule has 1 aromatic carbocycles. The predicted molar refractivity (Wildman–Crippen MR) is 93.6 cm³/mol. The minimum Gasteiger partial charge on any atom is -0.468 e. The zero-order valence-electron chi connectivity index (χ0n) is 14.9. The van der Waals surface area contributed by atoms with Crippen molar-refractivity contribution in [1.29, 1.82) is 0 Å². The first-order chi connectivity index (χ1) is 12.7. The van der Waals surface area contributed by atoms with Crippen molar-refractivity contribution in [3.8, 4) is 11.5 Å². The molecule has 2 heterocycles. The highest BCUT2D eigenvalue weighted by atomic mass is 19.1. The number of aromatic nitrogens is 1. The van der Waals surface area contributed by atoms with Gasteiger partial charge in [-0.1, -0.05) is 12.8 Å². The lowest BCUT2D eigenvalue weighted by molar-refractivity contribution is -0.146. The van der Waals surface area contributed by atoms with E-state index in [4.69, 9.17) is 9.15 Å². The standard InChI is InChI=1S/C20H23FN2O3/c1-25-20(24)18-10-14-4-2-3-5-17(14)23(18)11-16-12-26-19(22-16)13-6-8-15(21)9-7-13/h6-9,12,14,17-18H,2-5,10-11H2,1H3/t14-,17+,18-/m0/s1. The second-order valence-corrected chi connectivity index (χ2v) is 7.21. The molecule has 2 aromatic rings. The monoisotopic (exact) mass is 358 g/mol. The number of hydrogen-bond donors (Lipinski definition) is 0. The number of likely N-dealkylation sites (tertiary alicyclic amines) is 1. The molecule has 5 nitrogen and oxygen atoms in total. The first-order valence-corrected chi connectivity index (χ1v) is 9.19. The lowest BCUT2D eigenvalue weighted by atomic mass is 9.85. The number of esters is 1. The SMILES string of the molecule is COC(=O)[C@@H]1C[C@@H]2CCCC[C@H]2N1Cc1coc(-c2ccc(F)cc2)n1. The summed E-state index contributed by atoms with van der Waals surface area (Å²) in [4.78, 5) is 19.1. The highest BCUT2D eigenvalue weighted by Gasteiger charge is 2.45. The number of fused-ring (bicyclic) bond motifs is 1. The van der Waals surface area contributed by atoms with E-state index in [1.807, 2.05) is 0 Å². The molecule has 0 spiro atoms. The average molecular weight is 358 g/mol. The molecule has 1 aromatic heterocycles. The molecular weight excluding hydrogens is 335 g/mol. The number of hydrogen-bond acceptors (Lipinski definition) is 5. The van der Waals surface area contributed by atoms with Gasteiger partial charge < -0.3 is 9.15 Å². The number of benzene rings is 1. The summed E-state index contributed by atoms with van der Waals surface area (Å²) in [5, 5.41) is 0. The van der Waals surface area contributed by atoms with Crippen LogP contribution in [0.2, 0.25) is 0 Å². The van der Waals surface area contributed by atoms with Gasteiger partial charge >= 0.3 is 5.97 Å². The molecule has 6 heteroatoms. The number of carbonyl (C=O) groups excluding carboxylic acids is 1. The van der Waals surface area contributed by atoms with Crippen LogP contribution in [0.1, 0.15) is 37.8 Å². The lowest BCUT2D eigenvalue weighted by Gasteiger charge is -2.32. The van der Waals surface area contributed by atoms with E-state index in [1.54, 1.807) is 18.4 Å². The van der Waals surface area contributed by atoms with Gasteiger partial charge in [0, 0.05) is 18.2 Å². The highest BCUT2D eigenvalue weighted by molar-refractivity contribution is 5.76. The number of nitrogens with zero attached hydrogens (tertiary/aromatic N) is 2. The van der Waals surface area contributed by atoms with Gasteiger partial charge in [0.25, 0.3) is 0 Å². The van der Waals surface area contributed by atoms with Gasteiger partial charge in [0.15, 0.2) is 0 Å². The molecule has 1 aliphatic carbocycles. The van der Waals surface area contributed by atoms with E-state index in [2.05, 4.69) is 9.88 Å². The van der Waals surface area contributed by atoms with Gasteiger partial charge in [-0.2, -0.15) is 0 Å². The first kappa shape index (κ1) is 17.2. The fourth-order valence-electron chi connectivity index (χ4n) is 4.44. The van der Waals surface area contributed by atoms with Gasteiger partial charge in [0.05, 0.1) is 12.8 Å². The molecule has 4 rings (SSSR count). The third-order valence-electron chi connectivity index (χ3n) is 5.68. The molecule has 1 aliphatic heterocycles. The zero-order chi connectivity index (χ0) is 18.1. The van der Waals surface area contributed by atoms with Gasteiger partial charge in [0.2, 0.25) is 5.89 Å². The molecule has 2 fully saturated rings. The van der Waals surface area contributed by atoms with Gasteiger partial charge in [-0.15, -0.1) is 0 Å². The van der Waals surface area contributed by atoms with Crippen molar-refractivity contribution in [2.24, 2.45) is 5.92 Å². The Labute approximate surface area is 152 Å². The number of oxazole rings is 1. The Morgan fingerprint density at radius 1 is 1.31 bits per heavy atom. The topological polar surface area (TPSA) is 55.6 Å². The number of carbonyl (C=O) groups is 1. The normalized spacial score (nSPS) is 25.8. The molecule has 2 aliphatic rings. The van der Waals surface area contributed by atoms with Crippen LogP contribution in [0.4, 0.5) is 4.39 Å². The van der Waals surface area contributed by atoms with Gasteiger partial charge in [-0.05, 0) is 49.4 Å². The van der Waals surface area contributed by atoms with Crippen molar-refractivity contribution in [2.75, 3.05) is 7.11 Å². The molecule has 0 unspecified atom stereocenters. The van der Waals surface area contributed by atoms with Crippen LogP contribution in [-0.2, 0) is 16.1 Å². The molecule has 3 atom stereocenters. The van der Waals surface area contributed by atoms with Crippen LogP contribution in [0.3, 0.4) is 0 Å². The Kier molecular flexibility index (Phi) is 4.76. The fraction of sp³-hybridized carbons (Fsp3) is 0.500. The second kappa shape index (κ2) is 7.19. The molecule has 1 saturated heterocycles. The maximum Gasteiger partial charge on any atom is 0.323 e. The van der Waals surface area contributed by atoms with Crippen molar-refractivity contribution in [2.45, 2.75) is 50.7 Å². The van der Waals surface area contributed by atoms with Crippen molar-refractivity contribution in [3.05, 3.63) is 42.0 Å². The highest BCUT2D eigenvalue weighted by Crippen LogP contribution is 2.40. The summed E-state index contributed by atoms with van der Waals surface area (Å²) >= 11 is 0. The van der Waals surface area contributed by atoms with Crippen LogP contribution in [0.25, 0.3) is 11.5 Å². The number of methoxy groups -OCH3 is 1. The summed E-state index contributed by atoms with van der Waals surface area (Å²) < 4.78 is 23.7. The fourth-order valence-corrected chi connectivity index (χ4v) is 4.44. The molecule has 26 heavy (non-hydrogen) atoms. The second-order valence-electron chi connectivity index (χ2n) is 7.21.